The molecule has 2 aromatic heterocycles. The van der Waals surface area contributed by atoms with Crippen LogP contribution in [0.3, 0.4) is 0 Å². The van der Waals surface area contributed by atoms with Gasteiger partial charge in [0.15, 0.2) is 5.96 Å². The van der Waals surface area contributed by atoms with Crippen LogP contribution in [0.1, 0.15) is 16.7 Å². The second-order valence-corrected chi connectivity index (χ2v) is 8.08. The Morgan fingerprint density at radius 1 is 1.19 bits per heavy atom. The number of nitrogens with zero attached hydrogens (tertiary/aromatic N) is 3. The van der Waals surface area contributed by atoms with E-state index in [1.807, 2.05) is 24.4 Å². The Labute approximate surface area is 204 Å². The van der Waals surface area contributed by atoms with Gasteiger partial charge in [0, 0.05) is 31.6 Å². The second-order valence-electron chi connectivity index (χ2n) is 7.10. The molecule has 0 saturated carbocycles. The van der Waals surface area contributed by atoms with Crippen molar-refractivity contribution >= 4 is 41.3 Å². The van der Waals surface area contributed by atoms with E-state index in [4.69, 9.17) is 4.74 Å². The molecule has 0 spiro atoms. The Balaban J connectivity index is 0.00000272. The third-order valence-corrected chi connectivity index (χ3v) is 6.15. The highest BCUT2D eigenvalue weighted by Gasteiger charge is 2.23. The number of imidazole rings is 1. The third kappa shape index (κ3) is 6.52. The lowest BCUT2D eigenvalue weighted by molar-refractivity contribution is 0.0177. The molecule has 3 heterocycles. The number of morpholine rings is 1. The number of benzene rings is 1. The van der Waals surface area contributed by atoms with E-state index in [9.17, 15) is 0 Å². The fraction of sp³-hybridized carbons (Fsp3) is 0.364. The van der Waals surface area contributed by atoms with E-state index in [-0.39, 0.29) is 24.0 Å². The molecule has 3 aromatic rings. The fourth-order valence-corrected chi connectivity index (χ4v) is 4.44. The molecule has 0 bridgehead atoms. The summed E-state index contributed by atoms with van der Waals surface area (Å²) in [7, 11) is 1.79. The zero-order chi connectivity index (χ0) is 20.6. The average molecular weight is 552 g/mol. The van der Waals surface area contributed by atoms with Crippen LogP contribution < -0.4 is 10.6 Å². The van der Waals surface area contributed by atoms with Crippen LogP contribution in [-0.4, -0.2) is 60.7 Å². The van der Waals surface area contributed by atoms with Gasteiger partial charge in [-0.15, -0.1) is 35.3 Å². The largest absolute Gasteiger partial charge is 0.379 e. The standard InChI is InChI=1S/C22H28N6OS.HI/c1-23-22(26-16-21-24-14-18(27-21)17-6-3-2-4-7-17)25-15-19(20-8-5-13-30-20)28-9-11-29-12-10-28;/h2-8,13-14,19H,9-12,15-16H2,1H3,(H,24,27)(H2,23,25,26);1H. The van der Waals surface area contributed by atoms with Crippen molar-refractivity contribution in [1.82, 2.24) is 25.5 Å². The Bertz CT molecular complexity index is 925. The Kier molecular flexibility index (Phi) is 9.31. The van der Waals surface area contributed by atoms with Crippen LogP contribution in [0.15, 0.2) is 59.0 Å². The van der Waals surface area contributed by atoms with Gasteiger partial charge in [0.1, 0.15) is 5.82 Å². The number of thiophene rings is 1. The number of rotatable bonds is 7. The number of nitrogens with one attached hydrogen (secondary N) is 3. The number of guanidine groups is 1. The van der Waals surface area contributed by atoms with Gasteiger partial charge in [0.05, 0.1) is 37.7 Å². The van der Waals surface area contributed by atoms with Crippen molar-refractivity contribution in [3.05, 3.63) is 64.7 Å². The molecule has 31 heavy (non-hydrogen) atoms. The zero-order valence-electron chi connectivity index (χ0n) is 17.6. The molecular formula is C22H29IN6OS. The number of halogens is 1. The molecule has 166 valence electrons. The topological polar surface area (TPSA) is 77.6 Å². The molecule has 7 nitrogen and oxygen atoms in total. The lowest BCUT2D eigenvalue weighted by Gasteiger charge is -2.34. The van der Waals surface area contributed by atoms with Crippen LogP contribution in [0.5, 0.6) is 0 Å². The zero-order valence-corrected chi connectivity index (χ0v) is 20.7. The van der Waals surface area contributed by atoms with E-state index in [0.29, 0.717) is 12.6 Å². The van der Waals surface area contributed by atoms with E-state index in [2.05, 4.69) is 60.1 Å². The predicted molar refractivity (Wildman–Crippen MR) is 137 cm³/mol. The minimum Gasteiger partial charge on any atom is -0.379 e. The molecule has 1 aliphatic rings. The maximum atomic E-state index is 5.53. The number of aliphatic imine (C=N–C) groups is 1. The van der Waals surface area contributed by atoms with E-state index >= 15 is 0 Å². The molecule has 1 aliphatic heterocycles. The quantitative estimate of drug-likeness (QED) is 0.238. The molecule has 9 heteroatoms. The van der Waals surface area contributed by atoms with Crippen LogP contribution in [0.4, 0.5) is 0 Å². The predicted octanol–water partition coefficient (Wildman–Crippen LogP) is 3.49. The summed E-state index contributed by atoms with van der Waals surface area (Å²) in [6.45, 7) is 4.84. The number of ether oxygens (including phenoxy) is 1. The summed E-state index contributed by atoms with van der Waals surface area (Å²) in [5.74, 6) is 1.64. The first-order chi connectivity index (χ1) is 14.8. The van der Waals surface area contributed by atoms with Gasteiger partial charge >= 0.3 is 0 Å². The molecule has 1 fully saturated rings. The first kappa shape index (κ1) is 23.7. The van der Waals surface area contributed by atoms with Crippen molar-refractivity contribution in [2.75, 3.05) is 39.9 Å². The molecule has 1 atom stereocenters. The Morgan fingerprint density at radius 3 is 2.71 bits per heavy atom. The highest BCUT2D eigenvalue weighted by molar-refractivity contribution is 14.0. The second kappa shape index (κ2) is 12.2. The monoisotopic (exact) mass is 552 g/mol. The van der Waals surface area contributed by atoms with E-state index < -0.39 is 0 Å². The van der Waals surface area contributed by atoms with Crippen LogP contribution in [-0.2, 0) is 11.3 Å². The van der Waals surface area contributed by atoms with Crippen molar-refractivity contribution in [1.29, 1.82) is 0 Å². The number of aromatic amines is 1. The minimum atomic E-state index is 0. The Morgan fingerprint density at radius 2 is 2.00 bits per heavy atom. The summed E-state index contributed by atoms with van der Waals surface area (Å²) in [5, 5.41) is 8.98. The van der Waals surface area contributed by atoms with Crippen LogP contribution in [0, 0.1) is 0 Å². The van der Waals surface area contributed by atoms with Crippen molar-refractivity contribution in [2.24, 2.45) is 4.99 Å². The summed E-state index contributed by atoms with van der Waals surface area (Å²) < 4.78 is 5.53. The summed E-state index contributed by atoms with van der Waals surface area (Å²) in [5.41, 5.74) is 2.14. The molecule has 1 aromatic carbocycles. The van der Waals surface area contributed by atoms with Crippen molar-refractivity contribution in [3.63, 3.8) is 0 Å². The van der Waals surface area contributed by atoms with Crippen LogP contribution in [0.25, 0.3) is 11.3 Å². The van der Waals surface area contributed by atoms with Crippen molar-refractivity contribution in [3.8, 4) is 11.3 Å². The highest BCUT2D eigenvalue weighted by Crippen LogP contribution is 2.25. The molecule has 1 unspecified atom stereocenters. The van der Waals surface area contributed by atoms with Gasteiger partial charge in [-0.3, -0.25) is 9.89 Å². The first-order valence-electron chi connectivity index (χ1n) is 10.2. The molecule has 4 rings (SSSR count). The summed E-state index contributed by atoms with van der Waals surface area (Å²) in [6.07, 6.45) is 1.87. The first-order valence-corrected chi connectivity index (χ1v) is 11.1. The van der Waals surface area contributed by atoms with Gasteiger partial charge < -0.3 is 20.4 Å². The fourth-order valence-electron chi connectivity index (χ4n) is 3.58. The van der Waals surface area contributed by atoms with Gasteiger partial charge in [-0.05, 0) is 17.0 Å². The number of hydrogen-bond acceptors (Lipinski definition) is 5. The van der Waals surface area contributed by atoms with Crippen molar-refractivity contribution < 1.29 is 4.74 Å². The van der Waals surface area contributed by atoms with Gasteiger partial charge in [-0.25, -0.2) is 4.98 Å². The molecule has 0 amide bonds. The number of hydrogen-bond donors (Lipinski definition) is 3. The lowest BCUT2D eigenvalue weighted by atomic mass is 10.2. The molecule has 0 radical (unpaired) electrons. The van der Waals surface area contributed by atoms with Crippen LogP contribution in [0.2, 0.25) is 0 Å². The van der Waals surface area contributed by atoms with E-state index in [0.717, 1.165) is 55.9 Å². The van der Waals surface area contributed by atoms with Gasteiger partial charge in [0.2, 0.25) is 0 Å². The number of aromatic nitrogens is 2. The maximum absolute atomic E-state index is 5.53. The third-order valence-electron chi connectivity index (χ3n) is 5.18. The summed E-state index contributed by atoms with van der Waals surface area (Å²) >= 11 is 1.80. The number of H-pyrrole nitrogens is 1. The van der Waals surface area contributed by atoms with Gasteiger partial charge in [-0.1, -0.05) is 36.4 Å². The normalized spacial score (nSPS) is 15.8. The molecule has 0 aliphatic carbocycles. The molecule has 3 N–H and O–H groups in total. The van der Waals surface area contributed by atoms with Crippen molar-refractivity contribution in [2.45, 2.75) is 12.6 Å². The van der Waals surface area contributed by atoms with E-state index in [1.54, 1.807) is 18.4 Å². The molecular weight excluding hydrogens is 523 g/mol. The smallest absolute Gasteiger partial charge is 0.191 e. The molecule has 1 saturated heterocycles. The highest BCUT2D eigenvalue weighted by atomic mass is 127. The lowest BCUT2D eigenvalue weighted by Crippen LogP contribution is -2.46. The van der Waals surface area contributed by atoms with Gasteiger partial charge in [-0.2, -0.15) is 0 Å². The van der Waals surface area contributed by atoms with E-state index in [1.165, 1.54) is 4.88 Å². The summed E-state index contributed by atoms with van der Waals surface area (Å²) in [6, 6.07) is 14.8. The minimum absolute atomic E-state index is 0. The Hall–Kier alpha value is -1.95. The SMILES string of the molecule is CN=C(NCc1ncc(-c2ccccc2)[nH]1)NCC(c1cccs1)N1CCOCC1.I. The van der Waals surface area contributed by atoms with Gasteiger partial charge in [0.25, 0.3) is 0 Å². The maximum Gasteiger partial charge on any atom is 0.191 e. The van der Waals surface area contributed by atoms with Crippen LogP contribution >= 0.6 is 35.3 Å². The average Bonchev–Trinajstić information content (AvgIpc) is 3.50. The summed E-state index contributed by atoms with van der Waals surface area (Å²) in [4.78, 5) is 16.1.